The van der Waals surface area contributed by atoms with Crippen LogP contribution in [0.1, 0.15) is 24.2 Å². The van der Waals surface area contributed by atoms with E-state index >= 15 is 0 Å². The molecule has 0 aromatic carbocycles. The summed E-state index contributed by atoms with van der Waals surface area (Å²) in [5.74, 6) is -2.67. The second-order valence-electron chi connectivity index (χ2n) is 4.82. The maximum Gasteiger partial charge on any atom is 0.422 e. The number of rotatable bonds is 6. The summed E-state index contributed by atoms with van der Waals surface area (Å²) in [6, 6.07) is 1.15. The van der Waals surface area contributed by atoms with Gasteiger partial charge in [-0.15, -0.1) is 0 Å². The zero-order valence-corrected chi connectivity index (χ0v) is 11.8. The number of carboxylic acids is 1. The molecule has 1 heterocycles. The molecule has 1 amide bonds. The first-order chi connectivity index (χ1) is 10.1. The molecular weight excluding hydrogens is 305 g/mol. The molecule has 0 aliphatic rings. The number of carbonyl (C=O) groups excluding carboxylic acids is 1. The molecule has 0 aliphatic heterocycles. The van der Waals surface area contributed by atoms with E-state index in [9.17, 15) is 22.8 Å². The molecule has 1 aromatic rings. The number of aromatic nitrogens is 1. The van der Waals surface area contributed by atoms with E-state index in [0.29, 0.717) is 0 Å². The van der Waals surface area contributed by atoms with Crippen molar-refractivity contribution in [2.75, 3.05) is 6.61 Å². The van der Waals surface area contributed by atoms with Crippen molar-refractivity contribution in [1.29, 1.82) is 0 Å². The van der Waals surface area contributed by atoms with Crippen LogP contribution in [0.3, 0.4) is 0 Å². The summed E-state index contributed by atoms with van der Waals surface area (Å²) in [5.41, 5.74) is -0.0425. The Labute approximate surface area is 124 Å². The summed E-state index contributed by atoms with van der Waals surface area (Å²) >= 11 is 0. The van der Waals surface area contributed by atoms with Gasteiger partial charge in [-0.3, -0.25) is 4.79 Å². The highest BCUT2D eigenvalue weighted by Crippen LogP contribution is 2.17. The summed E-state index contributed by atoms with van der Waals surface area (Å²) in [6.07, 6.45) is -3.42. The van der Waals surface area contributed by atoms with Gasteiger partial charge in [0.1, 0.15) is 6.04 Å². The van der Waals surface area contributed by atoms with Crippen LogP contribution in [0.4, 0.5) is 13.2 Å². The Morgan fingerprint density at radius 1 is 1.41 bits per heavy atom. The highest BCUT2D eigenvalue weighted by molar-refractivity contribution is 5.96. The largest absolute Gasteiger partial charge is 0.480 e. The highest BCUT2D eigenvalue weighted by atomic mass is 19.4. The van der Waals surface area contributed by atoms with Gasteiger partial charge in [-0.25, -0.2) is 9.78 Å². The molecule has 0 spiro atoms. The maximum absolute atomic E-state index is 12.1. The van der Waals surface area contributed by atoms with Gasteiger partial charge in [0.15, 0.2) is 6.61 Å². The topological polar surface area (TPSA) is 88.5 Å². The van der Waals surface area contributed by atoms with E-state index in [2.05, 4.69) is 15.0 Å². The maximum atomic E-state index is 12.1. The van der Waals surface area contributed by atoms with Gasteiger partial charge in [0, 0.05) is 17.8 Å². The van der Waals surface area contributed by atoms with Crippen LogP contribution in [0.15, 0.2) is 18.3 Å². The van der Waals surface area contributed by atoms with Crippen LogP contribution in [0.5, 0.6) is 5.88 Å². The number of hydrogen-bond donors (Lipinski definition) is 2. The molecule has 122 valence electrons. The van der Waals surface area contributed by atoms with Crippen molar-refractivity contribution >= 4 is 11.9 Å². The smallest absolute Gasteiger partial charge is 0.422 e. The molecule has 0 saturated heterocycles. The number of carbonyl (C=O) groups is 2. The Hall–Kier alpha value is -2.32. The zero-order valence-electron chi connectivity index (χ0n) is 11.8. The van der Waals surface area contributed by atoms with Crippen LogP contribution in [0, 0.1) is 5.92 Å². The van der Waals surface area contributed by atoms with E-state index in [0.717, 1.165) is 12.3 Å². The van der Waals surface area contributed by atoms with E-state index in [1.54, 1.807) is 13.8 Å². The average Bonchev–Trinajstić information content (AvgIpc) is 2.41. The van der Waals surface area contributed by atoms with Crippen LogP contribution in [-0.2, 0) is 4.79 Å². The molecule has 2 N–H and O–H groups in total. The van der Waals surface area contributed by atoms with Gasteiger partial charge in [0.2, 0.25) is 5.88 Å². The molecular formula is C13H15F3N2O4. The van der Waals surface area contributed by atoms with Gasteiger partial charge in [-0.2, -0.15) is 13.2 Å². The van der Waals surface area contributed by atoms with Crippen LogP contribution in [0.2, 0.25) is 0 Å². The fraction of sp³-hybridized carbons (Fsp3) is 0.462. The predicted octanol–water partition coefficient (Wildman–Crippen LogP) is 1.86. The molecule has 1 rings (SSSR count). The van der Waals surface area contributed by atoms with Crippen LogP contribution in [0.25, 0.3) is 0 Å². The predicted molar refractivity (Wildman–Crippen MR) is 69.5 cm³/mol. The van der Waals surface area contributed by atoms with Gasteiger partial charge in [-0.05, 0) is 12.0 Å². The van der Waals surface area contributed by atoms with E-state index in [1.807, 2.05) is 0 Å². The Balaban J connectivity index is 2.80. The second-order valence-corrected chi connectivity index (χ2v) is 4.82. The van der Waals surface area contributed by atoms with Crippen molar-refractivity contribution in [3.8, 4) is 5.88 Å². The number of nitrogens with zero attached hydrogens (tertiary/aromatic N) is 1. The van der Waals surface area contributed by atoms with E-state index in [-0.39, 0.29) is 17.4 Å². The third-order valence-electron chi connectivity index (χ3n) is 2.60. The Kier molecular flexibility index (Phi) is 5.72. The lowest BCUT2D eigenvalue weighted by Crippen LogP contribution is -2.44. The molecule has 0 fully saturated rings. The number of hydrogen-bond acceptors (Lipinski definition) is 4. The molecule has 0 unspecified atom stereocenters. The zero-order chi connectivity index (χ0) is 16.9. The lowest BCUT2D eigenvalue weighted by atomic mass is 10.0. The fourth-order valence-corrected chi connectivity index (χ4v) is 1.52. The van der Waals surface area contributed by atoms with Gasteiger partial charge in [0.25, 0.3) is 5.91 Å². The van der Waals surface area contributed by atoms with Gasteiger partial charge >= 0.3 is 12.1 Å². The van der Waals surface area contributed by atoms with Crippen LogP contribution >= 0.6 is 0 Å². The molecule has 0 aliphatic carbocycles. The minimum Gasteiger partial charge on any atom is -0.480 e. The van der Waals surface area contributed by atoms with Crippen molar-refractivity contribution in [2.45, 2.75) is 26.1 Å². The third-order valence-corrected chi connectivity index (χ3v) is 2.60. The fourth-order valence-electron chi connectivity index (χ4n) is 1.52. The van der Waals surface area contributed by atoms with Crippen molar-refractivity contribution in [3.05, 3.63) is 23.9 Å². The van der Waals surface area contributed by atoms with E-state index in [4.69, 9.17) is 5.11 Å². The first-order valence-electron chi connectivity index (χ1n) is 6.29. The molecule has 0 bridgehead atoms. The van der Waals surface area contributed by atoms with E-state index < -0.39 is 30.7 Å². The Morgan fingerprint density at radius 3 is 2.55 bits per heavy atom. The number of alkyl halides is 3. The minimum absolute atomic E-state index is 0.0425. The number of aliphatic carboxylic acids is 1. The molecule has 0 radical (unpaired) electrons. The molecule has 0 saturated carbocycles. The standard InChI is InChI=1S/C13H15F3N2O4/c1-7(2)10(12(20)21)18-11(19)8-3-4-17-9(5-8)22-6-13(14,15)16/h3-5,7,10H,6H2,1-2H3,(H,18,19)(H,20,21)/t10-/m0/s1. The molecule has 22 heavy (non-hydrogen) atoms. The summed E-state index contributed by atoms with van der Waals surface area (Å²) < 4.78 is 40.6. The molecule has 1 aromatic heterocycles. The molecule has 1 atom stereocenters. The van der Waals surface area contributed by atoms with E-state index in [1.165, 1.54) is 6.07 Å². The number of carboxylic acid groups (broad SMARTS) is 1. The number of ether oxygens (including phenoxy) is 1. The molecule has 9 heteroatoms. The normalized spacial score (nSPS) is 12.8. The second kappa shape index (κ2) is 7.10. The van der Waals surface area contributed by atoms with Gasteiger partial charge < -0.3 is 15.2 Å². The van der Waals surface area contributed by atoms with Crippen molar-refractivity contribution in [1.82, 2.24) is 10.3 Å². The first kappa shape index (κ1) is 17.7. The summed E-state index contributed by atoms with van der Waals surface area (Å²) in [4.78, 5) is 26.5. The monoisotopic (exact) mass is 320 g/mol. The number of halogens is 3. The summed E-state index contributed by atoms with van der Waals surface area (Å²) in [6.45, 7) is 1.70. The third kappa shape index (κ3) is 5.58. The molecule has 6 nitrogen and oxygen atoms in total. The van der Waals surface area contributed by atoms with Crippen molar-refractivity contribution in [3.63, 3.8) is 0 Å². The summed E-state index contributed by atoms with van der Waals surface area (Å²) in [5, 5.41) is 11.3. The quantitative estimate of drug-likeness (QED) is 0.835. The van der Waals surface area contributed by atoms with Gasteiger partial charge in [0.05, 0.1) is 0 Å². The number of amides is 1. The number of nitrogens with one attached hydrogen (secondary N) is 1. The number of pyridine rings is 1. The lowest BCUT2D eigenvalue weighted by molar-refractivity contribution is -0.154. The van der Waals surface area contributed by atoms with Gasteiger partial charge in [-0.1, -0.05) is 13.8 Å². The SMILES string of the molecule is CC(C)[C@H](NC(=O)c1ccnc(OCC(F)(F)F)c1)C(=O)O. The minimum atomic E-state index is -4.52. The highest BCUT2D eigenvalue weighted by Gasteiger charge is 2.29. The summed E-state index contributed by atoms with van der Waals surface area (Å²) in [7, 11) is 0. The lowest BCUT2D eigenvalue weighted by Gasteiger charge is -2.18. The Bertz CT molecular complexity index is 546. The van der Waals surface area contributed by atoms with Crippen LogP contribution < -0.4 is 10.1 Å². The van der Waals surface area contributed by atoms with Crippen molar-refractivity contribution in [2.24, 2.45) is 5.92 Å². The van der Waals surface area contributed by atoms with Crippen molar-refractivity contribution < 1.29 is 32.6 Å². The average molecular weight is 320 g/mol. The Morgan fingerprint density at radius 2 is 2.05 bits per heavy atom. The van der Waals surface area contributed by atoms with Crippen LogP contribution in [-0.4, -0.2) is 40.8 Å². The first-order valence-corrected chi connectivity index (χ1v) is 6.29.